The van der Waals surface area contributed by atoms with Gasteiger partial charge in [0, 0.05) is 44.3 Å². The van der Waals surface area contributed by atoms with E-state index in [1.807, 2.05) is 88.4 Å². The molecular formula is C67H50N10Si. The van der Waals surface area contributed by atoms with Gasteiger partial charge in [0.15, 0.2) is 37.2 Å². The van der Waals surface area contributed by atoms with Crippen molar-refractivity contribution >= 4 is 50.6 Å². The summed E-state index contributed by atoms with van der Waals surface area (Å²) in [5, 5.41) is 7.25. The Kier molecular flexibility index (Phi) is 12.2. The molecule has 0 fully saturated rings. The number of nitrogens with zero attached hydrogens (tertiary/aromatic N) is 10. The number of hydrogen-bond donors (Lipinski definition) is 0. The number of rotatable bonds is 11. The zero-order valence-corrected chi connectivity index (χ0v) is 44.4. The van der Waals surface area contributed by atoms with E-state index >= 15 is 0 Å². The monoisotopic (exact) mass is 1020 g/mol. The number of hydrogen-bond acceptors (Lipinski definition) is 9. The summed E-state index contributed by atoms with van der Waals surface area (Å²) in [6.07, 6.45) is 0. The third-order valence-electron chi connectivity index (χ3n) is 14.4. The van der Waals surface area contributed by atoms with E-state index in [0.717, 1.165) is 66.4 Å². The second-order valence-electron chi connectivity index (χ2n) is 19.5. The number of aryl methyl sites for hydroxylation is 4. The van der Waals surface area contributed by atoms with Crippen LogP contribution in [0.2, 0.25) is 0 Å². The predicted octanol–water partition coefficient (Wildman–Crippen LogP) is 12.0. The van der Waals surface area contributed by atoms with Gasteiger partial charge >= 0.3 is 0 Å². The van der Waals surface area contributed by atoms with Crippen LogP contribution in [0.1, 0.15) is 23.3 Å². The smallest absolute Gasteiger partial charge is 0.179 e. The quantitative estimate of drug-likeness (QED) is 0.0921. The number of benzene rings is 9. The molecule has 4 aromatic heterocycles. The van der Waals surface area contributed by atoms with Gasteiger partial charge in [0.1, 0.15) is 23.3 Å². The molecule has 0 saturated heterocycles. The summed E-state index contributed by atoms with van der Waals surface area (Å²) in [6.45, 7) is 7.61. The second-order valence-corrected chi connectivity index (χ2v) is 23.3. The maximum absolute atomic E-state index is 5.42. The minimum absolute atomic E-state index is 0.539. The van der Waals surface area contributed by atoms with E-state index in [4.69, 9.17) is 34.9 Å². The van der Waals surface area contributed by atoms with E-state index in [1.54, 1.807) is 0 Å². The van der Waals surface area contributed by atoms with Crippen LogP contribution in [0.4, 0.5) is 0 Å². The Morgan fingerprint density at radius 3 is 1.10 bits per heavy atom. The topological polar surface area (TPSA) is 121 Å². The standard InChI is InChI=1S/C67H50N10Si/c1-43-68-44(2)71-65(70-43)50-33-36-58-59-37-34-51(66-72-45(3)69-46(4)73-66)41-62(59)77(61(58)40-50)52-35-38-57(60(42-52)67-75-63(47-21-10-5-11-22-47)74-64(76-67)48-23-12-6-13-24-48)49-25-20-32-56(39-49)78(53-26-14-7-15-27-53,54-28-16-8-17-29-54)55-30-18-9-19-31-55/h5-42H,1-4H3. The van der Waals surface area contributed by atoms with Gasteiger partial charge < -0.3 is 4.57 Å². The van der Waals surface area contributed by atoms with E-state index in [9.17, 15) is 0 Å². The highest BCUT2D eigenvalue weighted by Crippen LogP contribution is 2.40. The van der Waals surface area contributed by atoms with Crippen molar-refractivity contribution in [3.63, 3.8) is 0 Å². The van der Waals surface area contributed by atoms with Crippen molar-refractivity contribution in [3.05, 3.63) is 254 Å². The van der Waals surface area contributed by atoms with Gasteiger partial charge in [0.2, 0.25) is 0 Å². The van der Waals surface area contributed by atoms with Gasteiger partial charge in [-0.3, -0.25) is 0 Å². The van der Waals surface area contributed by atoms with Gasteiger partial charge in [-0.15, -0.1) is 0 Å². The Balaban J connectivity index is 1.11. The molecule has 372 valence electrons. The summed E-state index contributed by atoms with van der Waals surface area (Å²) in [7, 11) is -2.94. The maximum atomic E-state index is 5.42. The maximum Gasteiger partial charge on any atom is 0.179 e. The Morgan fingerprint density at radius 2 is 0.654 bits per heavy atom. The van der Waals surface area contributed by atoms with Crippen molar-refractivity contribution in [1.82, 2.24) is 49.4 Å². The van der Waals surface area contributed by atoms with Gasteiger partial charge in [-0.25, -0.2) is 44.9 Å². The molecule has 11 heteroatoms. The molecular weight excluding hydrogens is 973 g/mol. The molecule has 0 bridgehead atoms. The highest BCUT2D eigenvalue weighted by Gasteiger charge is 2.41. The van der Waals surface area contributed by atoms with Crippen LogP contribution in [0.5, 0.6) is 0 Å². The second kappa shape index (κ2) is 19.9. The fourth-order valence-electron chi connectivity index (χ4n) is 11.1. The summed E-state index contributed by atoms with van der Waals surface area (Å²) in [5.74, 6) is 5.55. The zero-order valence-electron chi connectivity index (χ0n) is 43.4. The molecule has 0 spiro atoms. The summed E-state index contributed by atoms with van der Waals surface area (Å²) >= 11 is 0. The molecule has 0 N–H and O–H groups in total. The lowest BCUT2D eigenvalue weighted by molar-refractivity contribution is 0.928. The van der Waals surface area contributed by atoms with Crippen LogP contribution in [-0.4, -0.2) is 57.5 Å². The van der Waals surface area contributed by atoms with Crippen LogP contribution in [0.15, 0.2) is 231 Å². The predicted molar refractivity (Wildman–Crippen MR) is 316 cm³/mol. The average molecular weight is 1020 g/mol. The van der Waals surface area contributed by atoms with Gasteiger partial charge in [0.05, 0.1) is 11.0 Å². The number of fused-ring (bicyclic) bond motifs is 3. The summed E-state index contributed by atoms with van der Waals surface area (Å²) in [4.78, 5) is 44.2. The lowest BCUT2D eigenvalue weighted by Crippen LogP contribution is -2.74. The van der Waals surface area contributed by atoms with Crippen molar-refractivity contribution < 1.29 is 0 Å². The molecule has 0 radical (unpaired) electrons. The van der Waals surface area contributed by atoms with Gasteiger partial charge in [0.25, 0.3) is 0 Å². The van der Waals surface area contributed by atoms with Crippen LogP contribution < -0.4 is 20.7 Å². The molecule has 0 aliphatic rings. The van der Waals surface area contributed by atoms with E-state index in [0.29, 0.717) is 52.4 Å². The van der Waals surface area contributed by atoms with Crippen LogP contribution >= 0.6 is 0 Å². The molecule has 0 atom stereocenters. The number of aromatic nitrogens is 10. The summed E-state index contributed by atoms with van der Waals surface area (Å²) in [5.41, 5.74) is 9.19. The highest BCUT2D eigenvalue weighted by molar-refractivity contribution is 7.19. The molecule has 13 rings (SSSR count). The van der Waals surface area contributed by atoms with Crippen molar-refractivity contribution in [1.29, 1.82) is 0 Å². The minimum Gasteiger partial charge on any atom is -0.309 e. The first kappa shape index (κ1) is 47.7. The van der Waals surface area contributed by atoms with E-state index in [1.165, 1.54) is 20.7 Å². The first-order chi connectivity index (χ1) is 38.3. The first-order valence-corrected chi connectivity index (χ1v) is 28.0. The van der Waals surface area contributed by atoms with Crippen LogP contribution in [-0.2, 0) is 0 Å². The summed E-state index contributed by atoms with van der Waals surface area (Å²) in [6, 6.07) is 82.1. The fourth-order valence-corrected chi connectivity index (χ4v) is 15.9. The van der Waals surface area contributed by atoms with Crippen LogP contribution in [0, 0.1) is 27.7 Å². The van der Waals surface area contributed by atoms with Gasteiger partial charge in [-0.1, -0.05) is 206 Å². The molecule has 78 heavy (non-hydrogen) atoms. The molecule has 0 unspecified atom stereocenters. The molecule has 10 nitrogen and oxygen atoms in total. The SMILES string of the molecule is Cc1nc(C)nc(-c2ccc3c4ccc(-c5nc(C)nc(C)n5)cc4n(-c4ccc(-c5cccc([Si](c6ccccc6)(c6ccccc6)c6ccccc6)c5)c(-c5nc(-c6ccccc6)nc(-c6ccccc6)n5)c4)c3c2)n1. The fraction of sp³-hybridized carbons (Fsp3) is 0.0597. The largest absolute Gasteiger partial charge is 0.309 e. The van der Waals surface area contributed by atoms with E-state index in [2.05, 4.69) is 184 Å². The molecule has 0 aliphatic heterocycles. The van der Waals surface area contributed by atoms with Crippen molar-refractivity contribution in [2.45, 2.75) is 27.7 Å². The molecule has 13 aromatic rings. The molecule has 9 aromatic carbocycles. The minimum atomic E-state index is -2.94. The first-order valence-electron chi connectivity index (χ1n) is 26.0. The van der Waals surface area contributed by atoms with E-state index < -0.39 is 8.07 Å². The van der Waals surface area contributed by atoms with Gasteiger partial charge in [-0.05, 0) is 83.8 Å². The average Bonchev–Trinajstić information content (AvgIpc) is 4.03. The third-order valence-corrected chi connectivity index (χ3v) is 19.2. The summed E-state index contributed by atoms with van der Waals surface area (Å²) < 4.78 is 2.32. The van der Waals surface area contributed by atoms with Crippen molar-refractivity contribution in [2.24, 2.45) is 0 Å². The highest BCUT2D eigenvalue weighted by atomic mass is 28.3. The lowest BCUT2D eigenvalue weighted by Gasteiger charge is -2.34. The molecule has 4 heterocycles. The Labute approximate surface area is 453 Å². The Hall–Kier alpha value is -9.97. The molecule has 0 saturated carbocycles. The third kappa shape index (κ3) is 8.71. The normalized spacial score (nSPS) is 11.6. The van der Waals surface area contributed by atoms with Crippen LogP contribution in [0.3, 0.4) is 0 Å². The van der Waals surface area contributed by atoms with Crippen molar-refractivity contribution in [3.8, 4) is 73.8 Å². The lowest BCUT2D eigenvalue weighted by atomic mass is 9.98. The zero-order chi connectivity index (χ0) is 52.7. The van der Waals surface area contributed by atoms with E-state index in [-0.39, 0.29) is 0 Å². The van der Waals surface area contributed by atoms with Gasteiger partial charge in [-0.2, -0.15) is 0 Å². The molecule has 0 amide bonds. The Bertz CT molecular complexity index is 4060. The Morgan fingerprint density at radius 1 is 0.269 bits per heavy atom. The van der Waals surface area contributed by atoms with Crippen molar-refractivity contribution in [2.75, 3.05) is 0 Å². The van der Waals surface area contributed by atoms with Crippen LogP contribution in [0.25, 0.3) is 95.6 Å². The molecule has 0 aliphatic carbocycles.